The number of hydrogen-bond acceptors (Lipinski definition) is 7. The van der Waals surface area contributed by atoms with Gasteiger partial charge in [0.25, 0.3) is 11.7 Å². The van der Waals surface area contributed by atoms with Crippen LogP contribution in [0.2, 0.25) is 5.02 Å². The first-order chi connectivity index (χ1) is 14.8. The molecular formula is C22H25ClN2O5S. The number of amides is 1. The van der Waals surface area contributed by atoms with E-state index in [9.17, 15) is 14.7 Å². The fraction of sp³-hybridized carbons (Fsp3) is 0.364. The average molecular weight is 465 g/mol. The molecule has 1 aliphatic heterocycles. The molecule has 2 aromatic rings. The van der Waals surface area contributed by atoms with Crippen molar-refractivity contribution in [3.8, 4) is 11.5 Å². The number of hydrogen-bond donors (Lipinski definition) is 1. The lowest BCUT2D eigenvalue weighted by Crippen LogP contribution is -2.32. The van der Waals surface area contributed by atoms with Gasteiger partial charge in [-0.05, 0) is 44.6 Å². The molecule has 1 aromatic carbocycles. The van der Waals surface area contributed by atoms with E-state index in [0.29, 0.717) is 18.7 Å². The molecule has 1 aromatic heterocycles. The molecule has 31 heavy (non-hydrogen) atoms. The molecule has 1 saturated heterocycles. The predicted octanol–water partition coefficient (Wildman–Crippen LogP) is 3.79. The van der Waals surface area contributed by atoms with Gasteiger partial charge < -0.3 is 24.4 Å². The summed E-state index contributed by atoms with van der Waals surface area (Å²) in [5, 5.41) is 13.3. The Labute approximate surface area is 190 Å². The molecule has 1 unspecified atom stereocenters. The number of rotatable bonds is 8. The lowest BCUT2D eigenvalue weighted by molar-refractivity contribution is -0.139. The number of ether oxygens (including phenoxy) is 2. The smallest absolute Gasteiger partial charge is 0.295 e. The largest absolute Gasteiger partial charge is 0.507 e. The van der Waals surface area contributed by atoms with E-state index >= 15 is 0 Å². The number of methoxy groups -OCH3 is 2. The molecule has 166 valence electrons. The van der Waals surface area contributed by atoms with Crippen LogP contribution in [0.4, 0.5) is 0 Å². The van der Waals surface area contributed by atoms with Crippen LogP contribution in [0.25, 0.3) is 5.76 Å². The van der Waals surface area contributed by atoms with Crippen LogP contribution in [0.3, 0.4) is 0 Å². The van der Waals surface area contributed by atoms with Crippen molar-refractivity contribution < 1.29 is 24.2 Å². The number of aliphatic hydroxyl groups excluding tert-OH is 1. The fourth-order valence-electron chi connectivity index (χ4n) is 3.60. The average Bonchev–Trinajstić information content (AvgIpc) is 3.35. The normalized spacial score (nSPS) is 18.1. The van der Waals surface area contributed by atoms with Crippen molar-refractivity contribution >= 4 is 40.4 Å². The Bertz CT molecular complexity index is 1000. The van der Waals surface area contributed by atoms with Gasteiger partial charge in [0.2, 0.25) is 0 Å². The molecule has 0 saturated carbocycles. The maximum Gasteiger partial charge on any atom is 0.295 e. The molecule has 1 amide bonds. The van der Waals surface area contributed by atoms with Crippen molar-refractivity contribution in [1.29, 1.82) is 0 Å². The number of nitrogens with zero attached hydrogens (tertiary/aromatic N) is 2. The van der Waals surface area contributed by atoms with E-state index in [1.807, 2.05) is 36.5 Å². The van der Waals surface area contributed by atoms with Crippen LogP contribution in [0.5, 0.6) is 11.5 Å². The van der Waals surface area contributed by atoms with Gasteiger partial charge in [-0.15, -0.1) is 11.3 Å². The van der Waals surface area contributed by atoms with Crippen LogP contribution in [-0.4, -0.2) is 68.0 Å². The van der Waals surface area contributed by atoms with Gasteiger partial charge in [-0.2, -0.15) is 0 Å². The molecule has 0 radical (unpaired) electrons. The van der Waals surface area contributed by atoms with E-state index in [1.165, 1.54) is 42.6 Å². The Balaban J connectivity index is 2.13. The molecule has 1 atom stereocenters. The Morgan fingerprint density at radius 3 is 2.52 bits per heavy atom. The van der Waals surface area contributed by atoms with Gasteiger partial charge in [0.1, 0.15) is 17.3 Å². The molecule has 3 rings (SSSR count). The highest BCUT2D eigenvalue weighted by atomic mass is 35.5. The summed E-state index contributed by atoms with van der Waals surface area (Å²) in [4.78, 5) is 30.3. The van der Waals surface area contributed by atoms with E-state index in [1.54, 1.807) is 0 Å². The van der Waals surface area contributed by atoms with E-state index in [0.717, 1.165) is 11.4 Å². The highest BCUT2D eigenvalue weighted by Crippen LogP contribution is 2.44. The van der Waals surface area contributed by atoms with Crippen LogP contribution >= 0.6 is 22.9 Å². The van der Waals surface area contributed by atoms with Gasteiger partial charge in [0.15, 0.2) is 0 Å². The zero-order valence-corrected chi connectivity index (χ0v) is 19.4. The highest BCUT2D eigenvalue weighted by Gasteiger charge is 2.46. The summed E-state index contributed by atoms with van der Waals surface area (Å²) in [6.07, 6.45) is 0.694. The number of carbonyl (C=O) groups is 2. The SMILES string of the molecule is COc1cc(OC)c(/C(O)=C2/C(=O)C(=O)N(CCCN(C)C)C2c2cccs2)cc1Cl. The van der Waals surface area contributed by atoms with Crippen molar-refractivity contribution in [2.24, 2.45) is 0 Å². The first-order valence-electron chi connectivity index (χ1n) is 9.68. The first kappa shape index (κ1) is 23.1. The summed E-state index contributed by atoms with van der Waals surface area (Å²) in [5.74, 6) is -1.03. The first-order valence-corrected chi connectivity index (χ1v) is 10.9. The van der Waals surface area contributed by atoms with Crippen LogP contribution in [0.1, 0.15) is 22.9 Å². The van der Waals surface area contributed by atoms with Crippen LogP contribution in [0, 0.1) is 0 Å². The molecule has 2 heterocycles. The molecule has 0 bridgehead atoms. The summed E-state index contributed by atoms with van der Waals surface area (Å²) < 4.78 is 10.6. The van der Waals surface area contributed by atoms with E-state index in [-0.39, 0.29) is 27.7 Å². The van der Waals surface area contributed by atoms with Gasteiger partial charge >= 0.3 is 0 Å². The predicted molar refractivity (Wildman–Crippen MR) is 121 cm³/mol. The molecule has 0 aliphatic carbocycles. The summed E-state index contributed by atoms with van der Waals surface area (Å²) >= 11 is 7.68. The fourth-order valence-corrected chi connectivity index (χ4v) is 4.69. The second-order valence-electron chi connectivity index (χ2n) is 7.35. The van der Waals surface area contributed by atoms with Crippen molar-refractivity contribution in [3.05, 3.63) is 50.7 Å². The zero-order valence-electron chi connectivity index (χ0n) is 17.8. The minimum Gasteiger partial charge on any atom is -0.507 e. The van der Waals surface area contributed by atoms with Gasteiger partial charge in [-0.25, -0.2) is 0 Å². The molecule has 9 heteroatoms. The van der Waals surface area contributed by atoms with Gasteiger partial charge in [-0.3, -0.25) is 9.59 Å². The monoisotopic (exact) mass is 464 g/mol. The highest BCUT2D eigenvalue weighted by molar-refractivity contribution is 7.10. The molecule has 1 aliphatic rings. The molecule has 7 nitrogen and oxygen atoms in total. The topological polar surface area (TPSA) is 79.3 Å². The number of Topliss-reactive ketones (excluding diaryl/α,β-unsaturated/α-hetero) is 1. The minimum absolute atomic E-state index is 0.0248. The summed E-state index contributed by atoms with van der Waals surface area (Å²) in [7, 11) is 6.81. The standard InChI is InChI=1S/C22H25ClN2O5S/c1-24(2)8-6-9-25-19(17-7-5-10-31-17)18(21(27)22(25)28)20(26)13-11-14(23)16(30-4)12-15(13)29-3/h5,7,10-12,19,26H,6,8-9H2,1-4H3/b20-18-. The Hall–Kier alpha value is -2.55. The number of thiophene rings is 1. The molecule has 1 fully saturated rings. The zero-order chi connectivity index (χ0) is 22.7. The van der Waals surface area contributed by atoms with Crippen molar-refractivity contribution in [2.75, 3.05) is 41.4 Å². The van der Waals surface area contributed by atoms with Gasteiger partial charge in [0.05, 0.1) is 36.4 Å². The summed E-state index contributed by atoms with van der Waals surface area (Å²) in [6.45, 7) is 1.16. The minimum atomic E-state index is -0.727. The Morgan fingerprint density at radius 2 is 1.94 bits per heavy atom. The van der Waals surface area contributed by atoms with Crippen molar-refractivity contribution in [2.45, 2.75) is 12.5 Å². The summed E-state index contributed by atoms with van der Waals surface area (Å²) in [5.41, 5.74) is 0.248. The third-order valence-electron chi connectivity index (χ3n) is 5.09. The van der Waals surface area contributed by atoms with E-state index < -0.39 is 17.7 Å². The van der Waals surface area contributed by atoms with Gasteiger partial charge in [-0.1, -0.05) is 17.7 Å². The van der Waals surface area contributed by atoms with Crippen molar-refractivity contribution in [3.63, 3.8) is 0 Å². The maximum atomic E-state index is 13.0. The van der Waals surface area contributed by atoms with Crippen LogP contribution < -0.4 is 9.47 Å². The number of benzene rings is 1. The lowest BCUT2D eigenvalue weighted by atomic mass is 9.99. The second kappa shape index (κ2) is 9.72. The van der Waals surface area contributed by atoms with E-state index in [2.05, 4.69) is 0 Å². The lowest BCUT2D eigenvalue weighted by Gasteiger charge is -2.25. The van der Waals surface area contributed by atoms with Crippen LogP contribution in [-0.2, 0) is 9.59 Å². The van der Waals surface area contributed by atoms with E-state index in [4.69, 9.17) is 21.1 Å². The number of halogens is 1. The second-order valence-corrected chi connectivity index (χ2v) is 8.74. The quantitative estimate of drug-likeness (QED) is 0.364. The van der Waals surface area contributed by atoms with Crippen molar-refractivity contribution in [1.82, 2.24) is 9.80 Å². The third kappa shape index (κ3) is 4.56. The maximum absolute atomic E-state index is 13.0. The van der Waals surface area contributed by atoms with Gasteiger partial charge in [0, 0.05) is 17.5 Å². The molecule has 0 spiro atoms. The number of carbonyl (C=O) groups excluding carboxylic acids is 2. The molecule has 1 N–H and O–H groups in total. The van der Waals surface area contributed by atoms with Crippen LogP contribution in [0.15, 0.2) is 35.2 Å². The Morgan fingerprint density at radius 1 is 1.23 bits per heavy atom. The number of aliphatic hydroxyl groups is 1. The number of likely N-dealkylation sites (tertiary alicyclic amines) is 1. The summed E-state index contributed by atoms with van der Waals surface area (Å²) in [6, 6.07) is 6.04. The number of ketones is 1. The molecular weight excluding hydrogens is 440 g/mol. The Kier molecular flexibility index (Phi) is 7.25. The third-order valence-corrected chi connectivity index (χ3v) is 6.31.